The highest BCUT2D eigenvalue weighted by Gasteiger charge is 2.17. The molecule has 0 radical (unpaired) electrons. The van der Waals surface area contributed by atoms with Crippen molar-refractivity contribution < 1.29 is 14.6 Å². The van der Waals surface area contributed by atoms with Gasteiger partial charge in [0.05, 0.1) is 13.0 Å². The van der Waals surface area contributed by atoms with Gasteiger partial charge in [-0.15, -0.1) is 0 Å². The molecule has 0 saturated carbocycles. The van der Waals surface area contributed by atoms with Gasteiger partial charge in [0.25, 0.3) is 0 Å². The van der Waals surface area contributed by atoms with Crippen molar-refractivity contribution in [2.24, 2.45) is 11.3 Å². The minimum atomic E-state index is -0.203. The number of hydrogen-bond acceptors (Lipinski definition) is 3. The van der Waals surface area contributed by atoms with E-state index in [9.17, 15) is 4.79 Å². The van der Waals surface area contributed by atoms with E-state index in [4.69, 9.17) is 9.84 Å². The van der Waals surface area contributed by atoms with Crippen LogP contribution in [0.25, 0.3) is 0 Å². The van der Waals surface area contributed by atoms with Gasteiger partial charge in [0.2, 0.25) is 0 Å². The zero-order valence-corrected chi connectivity index (χ0v) is 10.4. The molecule has 0 heterocycles. The van der Waals surface area contributed by atoms with Gasteiger partial charge in [0.1, 0.15) is 0 Å². The molecule has 0 aliphatic heterocycles. The molecule has 0 bridgehead atoms. The molecular formula is C12H24O3. The lowest BCUT2D eigenvalue weighted by molar-refractivity contribution is -0.144. The first kappa shape index (κ1) is 14.4. The fourth-order valence-electron chi connectivity index (χ4n) is 1.35. The van der Waals surface area contributed by atoms with E-state index in [1.807, 2.05) is 0 Å². The van der Waals surface area contributed by atoms with Crippen LogP contribution in [0.3, 0.4) is 0 Å². The van der Waals surface area contributed by atoms with Gasteiger partial charge >= 0.3 is 5.97 Å². The van der Waals surface area contributed by atoms with E-state index in [2.05, 4.69) is 20.8 Å². The normalized spacial score (nSPS) is 13.7. The predicted octanol–water partition coefficient (Wildman–Crippen LogP) is 2.37. The van der Waals surface area contributed by atoms with E-state index >= 15 is 0 Å². The number of aliphatic hydroxyl groups is 1. The highest BCUT2D eigenvalue weighted by molar-refractivity contribution is 5.69. The Balaban J connectivity index is 3.88. The van der Waals surface area contributed by atoms with Gasteiger partial charge in [0, 0.05) is 6.61 Å². The van der Waals surface area contributed by atoms with Crippen molar-refractivity contribution in [2.75, 3.05) is 13.2 Å². The zero-order valence-electron chi connectivity index (χ0n) is 10.4. The van der Waals surface area contributed by atoms with Gasteiger partial charge < -0.3 is 9.84 Å². The van der Waals surface area contributed by atoms with Crippen LogP contribution in [-0.4, -0.2) is 24.3 Å². The molecular weight excluding hydrogens is 192 g/mol. The highest BCUT2D eigenvalue weighted by atomic mass is 16.5. The average molecular weight is 216 g/mol. The first-order chi connectivity index (χ1) is 6.89. The van der Waals surface area contributed by atoms with E-state index < -0.39 is 0 Å². The fraction of sp³-hybridized carbons (Fsp3) is 0.917. The number of hydrogen-bond donors (Lipinski definition) is 1. The van der Waals surface area contributed by atoms with E-state index in [1.165, 1.54) is 0 Å². The van der Waals surface area contributed by atoms with Crippen LogP contribution in [0.1, 0.15) is 47.0 Å². The molecule has 0 spiro atoms. The van der Waals surface area contributed by atoms with Crippen molar-refractivity contribution in [1.29, 1.82) is 0 Å². The van der Waals surface area contributed by atoms with Gasteiger partial charge in [-0.05, 0) is 31.1 Å². The number of rotatable bonds is 6. The van der Waals surface area contributed by atoms with Gasteiger partial charge in [-0.3, -0.25) is 4.79 Å². The lowest BCUT2D eigenvalue weighted by Crippen LogP contribution is -2.17. The quantitative estimate of drug-likeness (QED) is 0.693. The van der Waals surface area contributed by atoms with Gasteiger partial charge in [-0.25, -0.2) is 0 Å². The second kappa shape index (κ2) is 6.83. The summed E-state index contributed by atoms with van der Waals surface area (Å²) < 4.78 is 4.86. The number of esters is 1. The van der Waals surface area contributed by atoms with E-state index in [1.54, 1.807) is 6.92 Å². The maximum Gasteiger partial charge on any atom is 0.306 e. The van der Waals surface area contributed by atoms with Crippen molar-refractivity contribution in [3.63, 3.8) is 0 Å². The predicted molar refractivity (Wildman–Crippen MR) is 60.5 cm³/mol. The molecule has 3 heteroatoms. The topological polar surface area (TPSA) is 46.5 Å². The minimum absolute atomic E-state index is 0.0447. The number of carbonyl (C=O) groups excluding carboxylic acids is 1. The lowest BCUT2D eigenvalue weighted by atomic mass is 9.86. The molecule has 0 aromatic carbocycles. The monoisotopic (exact) mass is 216 g/mol. The van der Waals surface area contributed by atoms with Crippen molar-refractivity contribution in [3.05, 3.63) is 0 Å². The van der Waals surface area contributed by atoms with E-state index in [0.29, 0.717) is 13.0 Å². The van der Waals surface area contributed by atoms with Crippen molar-refractivity contribution in [2.45, 2.75) is 47.0 Å². The van der Waals surface area contributed by atoms with Gasteiger partial charge in [-0.1, -0.05) is 20.8 Å². The highest BCUT2D eigenvalue weighted by Crippen LogP contribution is 2.24. The molecule has 0 fully saturated rings. The number of ether oxygens (including phenoxy) is 1. The summed E-state index contributed by atoms with van der Waals surface area (Å²) in [4.78, 5) is 11.2. The molecule has 90 valence electrons. The largest absolute Gasteiger partial charge is 0.466 e. The van der Waals surface area contributed by atoms with Crippen LogP contribution in [0.2, 0.25) is 0 Å². The maximum absolute atomic E-state index is 11.2. The summed E-state index contributed by atoms with van der Waals surface area (Å²) in [7, 11) is 0. The molecule has 0 rings (SSSR count). The Hall–Kier alpha value is -0.570. The fourth-order valence-corrected chi connectivity index (χ4v) is 1.35. The summed E-state index contributed by atoms with van der Waals surface area (Å²) in [5, 5.41) is 9.13. The standard InChI is InChI=1S/C12H24O3/c1-5-15-11(14)8-10(9-13)6-7-12(2,3)4/h10,13H,5-9H2,1-4H3/t10-/m0/s1. The Kier molecular flexibility index (Phi) is 6.57. The van der Waals surface area contributed by atoms with Crippen molar-refractivity contribution >= 4 is 5.97 Å². The van der Waals surface area contributed by atoms with Crippen molar-refractivity contribution in [1.82, 2.24) is 0 Å². The van der Waals surface area contributed by atoms with Crippen LogP contribution in [0, 0.1) is 11.3 Å². The number of carbonyl (C=O) groups is 1. The van der Waals surface area contributed by atoms with Crippen LogP contribution < -0.4 is 0 Å². The van der Waals surface area contributed by atoms with Crippen LogP contribution in [-0.2, 0) is 9.53 Å². The molecule has 1 N–H and O–H groups in total. The SMILES string of the molecule is CCOC(=O)C[C@@H](CO)CCC(C)(C)C. The Labute approximate surface area is 92.8 Å². The Morgan fingerprint density at radius 2 is 2.00 bits per heavy atom. The minimum Gasteiger partial charge on any atom is -0.466 e. The molecule has 0 aromatic rings. The van der Waals surface area contributed by atoms with Crippen LogP contribution in [0.5, 0.6) is 0 Å². The second-order valence-corrected chi connectivity index (χ2v) is 5.16. The summed E-state index contributed by atoms with van der Waals surface area (Å²) in [6, 6.07) is 0. The lowest BCUT2D eigenvalue weighted by Gasteiger charge is -2.21. The third-order valence-electron chi connectivity index (χ3n) is 2.32. The average Bonchev–Trinajstić information content (AvgIpc) is 2.11. The molecule has 1 atom stereocenters. The Morgan fingerprint density at radius 1 is 1.40 bits per heavy atom. The maximum atomic E-state index is 11.2. The summed E-state index contributed by atoms with van der Waals surface area (Å²) in [5.41, 5.74) is 0.252. The zero-order chi connectivity index (χ0) is 11.9. The first-order valence-electron chi connectivity index (χ1n) is 5.65. The third-order valence-corrected chi connectivity index (χ3v) is 2.32. The summed E-state index contributed by atoms with van der Waals surface area (Å²) in [6.45, 7) is 8.75. The second-order valence-electron chi connectivity index (χ2n) is 5.16. The van der Waals surface area contributed by atoms with E-state index in [-0.39, 0.29) is 23.9 Å². The Morgan fingerprint density at radius 3 is 2.40 bits per heavy atom. The third kappa shape index (κ3) is 8.43. The molecule has 0 aliphatic carbocycles. The molecule has 0 amide bonds. The molecule has 0 aliphatic rings. The smallest absolute Gasteiger partial charge is 0.306 e. The van der Waals surface area contributed by atoms with Crippen molar-refractivity contribution in [3.8, 4) is 0 Å². The summed E-state index contributed by atoms with van der Waals surface area (Å²) in [5.74, 6) is -0.159. The van der Waals surface area contributed by atoms with Gasteiger partial charge in [0.15, 0.2) is 0 Å². The molecule has 3 nitrogen and oxygen atoms in total. The van der Waals surface area contributed by atoms with Crippen LogP contribution in [0.15, 0.2) is 0 Å². The van der Waals surface area contributed by atoms with Crippen LogP contribution >= 0.6 is 0 Å². The summed E-state index contributed by atoms with van der Waals surface area (Å²) in [6.07, 6.45) is 2.22. The first-order valence-corrected chi connectivity index (χ1v) is 5.65. The Bertz CT molecular complexity index is 182. The summed E-state index contributed by atoms with van der Waals surface area (Å²) >= 11 is 0. The number of aliphatic hydroxyl groups excluding tert-OH is 1. The molecule has 0 unspecified atom stereocenters. The molecule has 0 aromatic heterocycles. The van der Waals surface area contributed by atoms with Crippen LogP contribution in [0.4, 0.5) is 0 Å². The molecule has 15 heavy (non-hydrogen) atoms. The molecule has 0 saturated heterocycles. The van der Waals surface area contributed by atoms with Gasteiger partial charge in [-0.2, -0.15) is 0 Å². The van der Waals surface area contributed by atoms with E-state index in [0.717, 1.165) is 12.8 Å².